The third-order valence-corrected chi connectivity index (χ3v) is 5.49. The summed E-state index contributed by atoms with van der Waals surface area (Å²) in [5.74, 6) is 0.00680. The van der Waals surface area contributed by atoms with Gasteiger partial charge in [0.25, 0.3) is 0 Å². The van der Waals surface area contributed by atoms with Gasteiger partial charge in [-0.15, -0.1) is 0 Å². The quantitative estimate of drug-likeness (QED) is 0.786. The lowest BCUT2D eigenvalue weighted by molar-refractivity contribution is -0.116. The molecule has 0 unspecified atom stereocenters. The maximum atomic E-state index is 12.1. The Morgan fingerprint density at radius 1 is 1.05 bits per heavy atom. The number of carbonyl (C=O) groups is 1. The van der Waals surface area contributed by atoms with Crippen LogP contribution < -0.4 is 5.32 Å². The Labute approximate surface area is 139 Å². The second-order valence-corrected chi connectivity index (χ2v) is 6.79. The molecule has 1 N–H and O–H groups in total. The summed E-state index contributed by atoms with van der Waals surface area (Å²) in [6, 6.07) is 10.0. The standard InChI is InChI=1S/C18H15Cl2NO/c19-15-6-2-5-12(18(15)20)13-9-17(22)21-16-8-11-4-1-3-10(11)7-14(13)16/h2,5-8,13H,1,3-4,9H2,(H,21,22)/t13-/m1/s1. The van der Waals surface area contributed by atoms with Gasteiger partial charge in [0.05, 0.1) is 10.0 Å². The summed E-state index contributed by atoms with van der Waals surface area (Å²) in [5, 5.41) is 4.09. The molecule has 1 heterocycles. The Hall–Kier alpha value is -1.51. The Bertz CT molecular complexity index is 785. The van der Waals surface area contributed by atoms with Crippen LogP contribution in [0.25, 0.3) is 0 Å². The highest BCUT2D eigenvalue weighted by atomic mass is 35.5. The van der Waals surface area contributed by atoms with Crippen molar-refractivity contribution >= 4 is 34.8 Å². The van der Waals surface area contributed by atoms with E-state index in [9.17, 15) is 4.79 Å². The summed E-state index contributed by atoms with van der Waals surface area (Å²) in [5.41, 5.74) is 5.78. The first kappa shape index (κ1) is 14.1. The fourth-order valence-corrected chi connectivity index (χ4v) is 4.04. The van der Waals surface area contributed by atoms with Crippen LogP contribution in [-0.2, 0) is 17.6 Å². The summed E-state index contributed by atoms with van der Waals surface area (Å²) in [4.78, 5) is 12.1. The Morgan fingerprint density at radius 3 is 2.64 bits per heavy atom. The van der Waals surface area contributed by atoms with Gasteiger partial charge < -0.3 is 5.32 Å². The van der Waals surface area contributed by atoms with E-state index < -0.39 is 0 Å². The number of anilines is 1. The van der Waals surface area contributed by atoms with Crippen LogP contribution in [0.1, 0.15) is 41.0 Å². The van der Waals surface area contributed by atoms with Crippen LogP contribution in [0.5, 0.6) is 0 Å². The molecule has 0 radical (unpaired) electrons. The number of fused-ring (bicyclic) bond motifs is 2. The first-order valence-electron chi connectivity index (χ1n) is 7.53. The van der Waals surface area contributed by atoms with Crippen molar-refractivity contribution in [2.75, 3.05) is 5.32 Å². The molecule has 0 bridgehead atoms. The highest BCUT2D eigenvalue weighted by molar-refractivity contribution is 6.42. The smallest absolute Gasteiger partial charge is 0.225 e. The van der Waals surface area contributed by atoms with E-state index in [2.05, 4.69) is 17.4 Å². The van der Waals surface area contributed by atoms with Gasteiger partial charge in [-0.05, 0) is 53.6 Å². The largest absolute Gasteiger partial charge is 0.326 e. The van der Waals surface area contributed by atoms with Crippen LogP contribution >= 0.6 is 23.2 Å². The number of aryl methyl sites for hydroxylation is 2. The number of halogens is 2. The Kier molecular flexibility index (Phi) is 3.39. The van der Waals surface area contributed by atoms with Gasteiger partial charge in [-0.1, -0.05) is 41.4 Å². The van der Waals surface area contributed by atoms with E-state index in [0.717, 1.165) is 29.7 Å². The average molecular weight is 332 g/mol. The molecule has 0 fully saturated rings. The van der Waals surface area contributed by atoms with E-state index in [-0.39, 0.29) is 11.8 Å². The van der Waals surface area contributed by atoms with E-state index in [1.165, 1.54) is 17.5 Å². The van der Waals surface area contributed by atoms with Crippen molar-refractivity contribution in [3.63, 3.8) is 0 Å². The molecular formula is C18H15Cl2NO. The highest BCUT2D eigenvalue weighted by Gasteiger charge is 2.30. The van der Waals surface area contributed by atoms with Crippen molar-refractivity contribution in [1.29, 1.82) is 0 Å². The van der Waals surface area contributed by atoms with Crippen molar-refractivity contribution in [2.45, 2.75) is 31.6 Å². The lowest BCUT2D eigenvalue weighted by atomic mass is 9.83. The van der Waals surface area contributed by atoms with Crippen LogP contribution in [0.2, 0.25) is 10.0 Å². The van der Waals surface area contributed by atoms with Crippen molar-refractivity contribution in [1.82, 2.24) is 0 Å². The fraction of sp³-hybridized carbons (Fsp3) is 0.278. The van der Waals surface area contributed by atoms with Crippen molar-refractivity contribution in [3.05, 3.63) is 62.6 Å². The SMILES string of the molecule is O=C1C[C@H](c2cccc(Cl)c2Cl)c2cc3c(cc2N1)CCC3. The van der Waals surface area contributed by atoms with E-state index in [1.807, 2.05) is 12.1 Å². The zero-order valence-corrected chi connectivity index (χ0v) is 13.5. The van der Waals surface area contributed by atoms with Gasteiger partial charge in [0.1, 0.15) is 0 Å². The first-order chi connectivity index (χ1) is 10.6. The minimum absolute atomic E-state index is 0.0270. The van der Waals surface area contributed by atoms with Gasteiger partial charge in [0.2, 0.25) is 5.91 Å². The van der Waals surface area contributed by atoms with Gasteiger partial charge in [0, 0.05) is 18.0 Å². The lowest BCUT2D eigenvalue weighted by Crippen LogP contribution is -2.24. The van der Waals surface area contributed by atoms with E-state index in [0.29, 0.717) is 16.5 Å². The number of carbonyl (C=O) groups excluding carboxylic acids is 1. The van der Waals surface area contributed by atoms with Crippen LogP contribution in [0.4, 0.5) is 5.69 Å². The third kappa shape index (κ3) is 2.22. The zero-order valence-electron chi connectivity index (χ0n) is 12.0. The second-order valence-electron chi connectivity index (χ2n) is 6.01. The number of amides is 1. The molecule has 2 aromatic carbocycles. The highest BCUT2D eigenvalue weighted by Crippen LogP contribution is 2.43. The molecule has 4 heteroatoms. The van der Waals surface area contributed by atoms with Crippen LogP contribution in [0.3, 0.4) is 0 Å². The second kappa shape index (κ2) is 5.29. The summed E-state index contributed by atoms with van der Waals surface area (Å²) in [6.45, 7) is 0. The molecule has 1 atom stereocenters. The lowest BCUT2D eigenvalue weighted by Gasteiger charge is -2.28. The van der Waals surface area contributed by atoms with Gasteiger partial charge >= 0.3 is 0 Å². The van der Waals surface area contributed by atoms with Crippen molar-refractivity contribution < 1.29 is 4.79 Å². The summed E-state index contributed by atoms with van der Waals surface area (Å²) in [7, 11) is 0. The van der Waals surface area contributed by atoms with Crippen LogP contribution in [-0.4, -0.2) is 5.91 Å². The predicted molar refractivity (Wildman–Crippen MR) is 90.0 cm³/mol. The summed E-state index contributed by atoms with van der Waals surface area (Å²) < 4.78 is 0. The van der Waals surface area contributed by atoms with Gasteiger partial charge in [-0.25, -0.2) is 0 Å². The molecule has 0 aromatic heterocycles. The van der Waals surface area contributed by atoms with Gasteiger partial charge in [0.15, 0.2) is 0 Å². The van der Waals surface area contributed by atoms with E-state index in [1.54, 1.807) is 6.07 Å². The molecule has 22 heavy (non-hydrogen) atoms. The molecule has 1 aliphatic carbocycles. The Morgan fingerprint density at radius 2 is 1.82 bits per heavy atom. The number of benzene rings is 2. The predicted octanol–water partition coefficient (Wildman–Crippen LogP) is 4.96. The minimum Gasteiger partial charge on any atom is -0.326 e. The molecule has 2 nitrogen and oxygen atoms in total. The van der Waals surface area contributed by atoms with Gasteiger partial charge in [-0.3, -0.25) is 4.79 Å². The molecule has 1 aliphatic heterocycles. The fourth-order valence-electron chi connectivity index (χ4n) is 3.60. The molecule has 112 valence electrons. The third-order valence-electron chi connectivity index (χ3n) is 4.66. The molecular weight excluding hydrogens is 317 g/mol. The van der Waals surface area contributed by atoms with E-state index in [4.69, 9.17) is 23.2 Å². The molecule has 4 rings (SSSR count). The number of hydrogen-bond acceptors (Lipinski definition) is 1. The van der Waals surface area contributed by atoms with Crippen molar-refractivity contribution in [3.8, 4) is 0 Å². The first-order valence-corrected chi connectivity index (χ1v) is 8.28. The topological polar surface area (TPSA) is 29.1 Å². The van der Waals surface area contributed by atoms with Crippen molar-refractivity contribution in [2.24, 2.45) is 0 Å². The van der Waals surface area contributed by atoms with Crippen LogP contribution in [0.15, 0.2) is 30.3 Å². The summed E-state index contributed by atoms with van der Waals surface area (Å²) in [6.07, 6.45) is 3.81. The Balaban J connectivity index is 1.89. The molecule has 1 amide bonds. The minimum atomic E-state index is -0.0270. The van der Waals surface area contributed by atoms with Gasteiger partial charge in [-0.2, -0.15) is 0 Å². The van der Waals surface area contributed by atoms with Crippen LogP contribution in [0, 0.1) is 0 Å². The van der Waals surface area contributed by atoms with E-state index >= 15 is 0 Å². The maximum Gasteiger partial charge on any atom is 0.225 e. The number of rotatable bonds is 1. The molecule has 2 aromatic rings. The maximum absolute atomic E-state index is 12.1. The molecule has 0 saturated heterocycles. The normalized spacial score (nSPS) is 19.5. The molecule has 2 aliphatic rings. The average Bonchev–Trinajstić information content (AvgIpc) is 2.94. The summed E-state index contributed by atoms with van der Waals surface area (Å²) >= 11 is 12.6. The zero-order chi connectivity index (χ0) is 15.3. The number of nitrogens with one attached hydrogen (secondary N) is 1. The molecule has 0 spiro atoms. The molecule has 0 saturated carbocycles. The number of hydrogen-bond donors (Lipinski definition) is 1. The monoisotopic (exact) mass is 331 g/mol.